The lowest BCUT2D eigenvalue weighted by molar-refractivity contribution is -0.154. The lowest BCUT2D eigenvalue weighted by Crippen LogP contribution is -2.49. The summed E-state index contributed by atoms with van der Waals surface area (Å²) in [5, 5.41) is 12.1. The number of urea groups is 1. The molecule has 0 atom stereocenters. The number of nitrogens with one attached hydrogen (secondary N) is 1. The first kappa shape index (κ1) is 16.5. The van der Waals surface area contributed by atoms with Crippen LogP contribution in [0.1, 0.15) is 25.7 Å². The summed E-state index contributed by atoms with van der Waals surface area (Å²) in [5.41, 5.74) is -0.893. The molecule has 6 heteroatoms. The van der Waals surface area contributed by atoms with E-state index >= 15 is 0 Å². The molecule has 114 valence electrons. The number of carbonyl (C=O) groups is 2. The van der Waals surface area contributed by atoms with Gasteiger partial charge in [-0.25, -0.2) is 4.79 Å². The molecule has 0 saturated carbocycles. The number of carbonyl (C=O) groups excluding carboxylic acids is 1. The molecule has 0 aromatic rings. The van der Waals surface area contributed by atoms with E-state index in [1.807, 2.05) is 6.08 Å². The number of hydrogen-bond acceptors (Lipinski definition) is 3. The second-order valence-electron chi connectivity index (χ2n) is 5.21. The van der Waals surface area contributed by atoms with Crippen molar-refractivity contribution in [2.75, 3.05) is 33.4 Å². The van der Waals surface area contributed by atoms with Gasteiger partial charge in [0.15, 0.2) is 0 Å². The number of unbranched alkanes of at least 4 members (excludes halogenated alkanes) is 1. The van der Waals surface area contributed by atoms with Crippen LogP contribution in [0.3, 0.4) is 0 Å². The SMILES string of the molecule is C=CCCCN(C)C(=O)NCC1(C(=O)O)CCOCC1. The van der Waals surface area contributed by atoms with Crippen LogP contribution in [0.4, 0.5) is 4.79 Å². The van der Waals surface area contributed by atoms with E-state index in [4.69, 9.17) is 4.74 Å². The second kappa shape index (κ2) is 7.89. The Bertz CT molecular complexity index is 351. The van der Waals surface area contributed by atoms with E-state index in [0.717, 1.165) is 12.8 Å². The summed E-state index contributed by atoms with van der Waals surface area (Å²) in [6.45, 7) is 5.26. The maximum absolute atomic E-state index is 11.9. The number of allylic oxidation sites excluding steroid dienone is 1. The number of aliphatic carboxylic acids is 1. The normalized spacial score (nSPS) is 17.2. The van der Waals surface area contributed by atoms with Gasteiger partial charge in [0.2, 0.25) is 0 Å². The quantitative estimate of drug-likeness (QED) is 0.548. The van der Waals surface area contributed by atoms with Crippen molar-refractivity contribution in [1.29, 1.82) is 0 Å². The van der Waals surface area contributed by atoms with E-state index < -0.39 is 11.4 Å². The van der Waals surface area contributed by atoms with Crippen LogP contribution >= 0.6 is 0 Å². The Morgan fingerprint density at radius 2 is 2.10 bits per heavy atom. The van der Waals surface area contributed by atoms with Gasteiger partial charge in [-0.1, -0.05) is 6.08 Å². The molecule has 1 heterocycles. The zero-order chi connectivity index (χ0) is 15.0. The fourth-order valence-electron chi connectivity index (χ4n) is 2.18. The average Bonchev–Trinajstić information content (AvgIpc) is 2.45. The van der Waals surface area contributed by atoms with Crippen molar-refractivity contribution in [2.45, 2.75) is 25.7 Å². The molecule has 6 nitrogen and oxygen atoms in total. The highest BCUT2D eigenvalue weighted by molar-refractivity contribution is 5.78. The molecule has 1 saturated heterocycles. The third kappa shape index (κ3) is 4.52. The first-order valence-corrected chi connectivity index (χ1v) is 6.93. The van der Waals surface area contributed by atoms with E-state index in [2.05, 4.69) is 11.9 Å². The van der Waals surface area contributed by atoms with Gasteiger partial charge in [-0.2, -0.15) is 0 Å². The van der Waals surface area contributed by atoms with Crippen molar-refractivity contribution in [1.82, 2.24) is 10.2 Å². The van der Waals surface area contributed by atoms with Crippen LogP contribution in [0.2, 0.25) is 0 Å². The lowest BCUT2D eigenvalue weighted by Gasteiger charge is -2.33. The van der Waals surface area contributed by atoms with Crippen molar-refractivity contribution < 1.29 is 19.4 Å². The Hall–Kier alpha value is -1.56. The molecule has 2 amide bonds. The topological polar surface area (TPSA) is 78.9 Å². The highest BCUT2D eigenvalue weighted by Crippen LogP contribution is 2.30. The Morgan fingerprint density at radius 1 is 1.45 bits per heavy atom. The van der Waals surface area contributed by atoms with E-state index in [1.165, 1.54) is 0 Å². The van der Waals surface area contributed by atoms with Crippen LogP contribution < -0.4 is 5.32 Å². The minimum Gasteiger partial charge on any atom is -0.481 e. The maximum Gasteiger partial charge on any atom is 0.317 e. The predicted molar refractivity (Wildman–Crippen MR) is 75.6 cm³/mol. The number of amides is 2. The Morgan fingerprint density at radius 3 is 2.65 bits per heavy atom. The van der Waals surface area contributed by atoms with Gasteiger partial charge in [-0.05, 0) is 25.7 Å². The average molecular weight is 284 g/mol. The molecule has 1 rings (SSSR count). The van der Waals surface area contributed by atoms with Gasteiger partial charge in [0.1, 0.15) is 0 Å². The largest absolute Gasteiger partial charge is 0.481 e. The van der Waals surface area contributed by atoms with Crippen molar-refractivity contribution in [3.8, 4) is 0 Å². The van der Waals surface area contributed by atoms with Gasteiger partial charge >= 0.3 is 12.0 Å². The third-order valence-corrected chi connectivity index (χ3v) is 3.73. The molecular formula is C14H24N2O4. The molecule has 1 fully saturated rings. The van der Waals surface area contributed by atoms with Crippen LogP contribution in [0, 0.1) is 5.41 Å². The molecule has 0 radical (unpaired) electrons. The molecular weight excluding hydrogens is 260 g/mol. The highest BCUT2D eigenvalue weighted by atomic mass is 16.5. The monoisotopic (exact) mass is 284 g/mol. The molecule has 0 aliphatic carbocycles. The fraction of sp³-hybridized carbons (Fsp3) is 0.714. The van der Waals surface area contributed by atoms with Crippen molar-refractivity contribution in [3.05, 3.63) is 12.7 Å². The molecule has 0 aromatic heterocycles. The van der Waals surface area contributed by atoms with E-state index in [9.17, 15) is 14.7 Å². The van der Waals surface area contributed by atoms with Crippen molar-refractivity contribution in [3.63, 3.8) is 0 Å². The summed E-state index contributed by atoms with van der Waals surface area (Å²) in [6, 6.07) is -0.235. The van der Waals surface area contributed by atoms with E-state index in [0.29, 0.717) is 32.6 Å². The lowest BCUT2D eigenvalue weighted by atomic mass is 9.80. The zero-order valence-electron chi connectivity index (χ0n) is 12.1. The van der Waals surface area contributed by atoms with Crippen LogP contribution in [-0.4, -0.2) is 55.4 Å². The molecule has 2 N–H and O–H groups in total. The maximum atomic E-state index is 11.9. The second-order valence-corrected chi connectivity index (χ2v) is 5.21. The smallest absolute Gasteiger partial charge is 0.317 e. The molecule has 0 aromatic carbocycles. The summed E-state index contributed by atoms with van der Waals surface area (Å²) in [7, 11) is 1.70. The van der Waals surface area contributed by atoms with E-state index in [1.54, 1.807) is 11.9 Å². The first-order valence-electron chi connectivity index (χ1n) is 6.93. The van der Waals surface area contributed by atoms with Gasteiger partial charge in [0.05, 0.1) is 5.41 Å². The van der Waals surface area contributed by atoms with Crippen LogP contribution in [0.25, 0.3) is 0 Å². The summed E-state index contributed by atoms with van der Waals surface area (Å²) in [5.74, 6) is -0.865. The molecule has 0 unspecified atom stereocenters. The van der Waals surface area contributed by atoms with Gasteiger partial charge in [0, 0.05) is 33.4 Å². The Kier molecular flexibility index (Phi) is 6.51. The Balaban J connectivity index is 2.44. The van der Waals surface area contributed by atoms with Gasteiger partial charge in [0.25, 0.3) is 0 Å². The van der Waals surface area contributed by atoms with E-state index in [-0.39, 0.29) is 12.6 Å². The van der Waals surface area contributed by atoms with Crippen LogP contribution in [-0.2, 0) is 9.53 Å². The standard InChI is InChI=1S/C14H24N2O4/c1-3-4-5-8-16(2)13(19)15-11-14(12(17)18)6-9-20-10-7-14/h3H,1,4-11H2,2H3,(H,15,19)(H,17,18). The minimum absolute atomic E-state index is 0.149. The number of ether oxygens (including phenoxy) is 1. The minimum atomic E-state index is -0.893. The molecule has 1 aliphatic rings. The summed E-state index contributed by atoms with van der Waals surface area (Å²) in [6.07, 6.45) is 4.39. The van der Waals surface area contributed by atoms with Crippen LogP contribution in [0.15, 0.2) is 12.7 Å². The number of nitrogens with zero attached hydrogens (tertiary/aromatic N) is 1. The molecule has 0 spiro atoms. The highest BCUT2D eigenvalue weighted by Gasteiger charge is 2.40. The van der Waals surface area contributed by atoms with Gasteiger partial charge < -0.3 is 20.1 Å². The molecule has 1 aliphatic heterocycles. The summed E-state index contributed by atoms with van der Waals surface area (Å²) < 4.78 is 5.20. The molecule has 20 heavy (non-hydrogen) atoms. The van der Waals surface area contributed by atoms with Gasteiger partial charge in [-0.3, -0.25) is 4.79 Å². The summed E-state index contributed by atoms with van der Waals surface area (Å²) in [4.78, 5) is 24.9. The van der Waals surface area contributed by atoms with Crippen molar-refractivity contribution >= 4 is 12.0 Å². The zero-order valence-corrected chi connectivity index (χ0v) is 12.1. The Labute approximate surface area is 119 Å². The first-order chi connectivity index (χ1) is 9.52. The van der Waals surface area contributed by atoms with Crippen LogP contribution in [0.5, 0.6) is 0 Å². The third-order valence-electron chi connectivity index (χ3n) is 3.73. The molecule has 0 bridgehead atoms. The fourth-order valence-corrected chi connectivity index (χ4v) is 2.18. The number of carboxylic acids is 1. The number of carboxylic acid groups (broad SMARTS) is 1. The number of hydrogen-bond donors (Lipinski definition) is 2. The number of rotatable bonds is 7. The van der Waals surface area contributed by atoms with Gasteiger partial charge in [-0.15, -0.1) is 6.58 Å². The summed E-state index contributed by atoms with van der Waals surface area (Å²) >= 11 is 0. The predicted octanol–water partition coefficient (Wildman–Crippen LogP) is 1.48. The van der Waals surface area contributed by atoms with Crippen molar-refractivity contribution in [2.24, 2.45) is 5.41 Å².